The number of amides is 2. The number of pyridine rings is 1. The summed E-state index contributed by atoms with van der Waals surface area (Å²) in [5, 5.41) is 6.83. The van der Waals surface area contributed by atoms with Crippen LogP contribution in [0.3, 0.4) is 0 Å². The topological polar surface area (TPSA) is 74.3 Å². The van der Waals surface area contributed by atoms with Crippen molar-refractivity contribution in [2.45, 2.75) is 31.7 Å². The fourth-order valence-corrected chi connectivity index (χ4v) is 3.37. The number of H-pyrrole nitrogens is 1. The normalized spacial score (nSPS) is 18.0. The van der Waals surface area contributed by atoms with Gasteiger partial charge in [0.1, 0.15) is 5.75 Å². The van der Waals surface area contributed by atoms with Crippen LogP contribution in [0.2, 0.25) is 0 Å². The Bertz CT molecular complexity index is 719. The maximum absolute atomic E-state index is 12.4. The predicted molar refractivity (Wildman–Crippen MR) is 97.8 cm³/mol. The molecule has 2 aromatic heterocycles. The molecule has 2 aliphatic rings. The van der Waals surface area contributed by atoms with Crippen LogP contribution >= 0.6 is 0 Å². The van der Waals surface area contributed by atoms with Crippen molar-refractivity contribution in [3.63, 3.8) is 0 Å². The van der Waals surface area contributed by atoms with Crippen LogP contribution in [0.15, 0.2) is 30.6 Å². The van der Waals surface area contributed by atoms with E-state index < -0.39 is 0 Å². The molecule has 0 radical (unpaired) electrons. The first-order valence-electron chi connectivity index (χ1n) is 9.31. The van der Waals surface area contributed by atoms with Gasteiger partial charge in [-0.15, -0.1) is 0 Å². The zero-order valence-electron chi connectivity index (χ0n) is 15.1. The average Bonchev–Trinajstić information content (AvgIpc) is 3.40. The summed E-state index contributed by atoms with van der Waals surface area (Å²) in [6.45, 7) is 2.31. The van der Waals surface area contributed by atoms with Gasteiger partial charge in [-0.3, -0.25) is 10.1 Å². The molecule has 0 atom stereocenters. The number of nitrogens with one attached hydrogen (secondary N) is 1. The Morgan fingerprint density at radius 3 is 2.69 bits per heavy atom. The molecule has 2 amide bonds. The minimum absolute atomic E-state index is 0.186. The largest absolute Gasteiger partial charge is 0.492 e. The number of ether oxygens (including phenoxy) is 1. The van der Waals surface area contributed by atoms with Gasteiger partial charge in [0.25, 0.3) is 0 Å². The van der Waals surface area contributed by atoms with Gasteiger partial charge in [0.05, 0.1) is 24.2 Å². The fourth-order valence-electron chi connectivity index (χ4n) is 3.37. The Kier molecular flexibility index (Phi) is 4.77. The third-order valence-corrected chi connectivity index (χ3v) is 5.28. The molecule has 1 aliphatic carbocycles. The first-order valence-corrected chi connectivity index (χ1v) is 9.31. The van der Waals surface area contributed by atoms with Gasteiger partial charge in [0.2, 0.25) is 0 Å². The second-order valence-corrected chi connectivity index (χ2v) is 7.22. The Balaban J connectivity index is 1.23. The Labute approximate surface area is 153 Å². The van der Waals surface area contributed by atoms with Crippen molar-refractivity contribution < 1.29 is 9.53 Å². The molecular weight excluding hydrogens is 330 g/mol. The number of carbonyl (C=O) groups excluding carboxylic acids is 1. The summed E-state index contributed by atoms with van der Waals surface area (Å²) >= 11 is 0. The Hall–Kier alpha value is -2.57. The molecule has 2 fully saturated rings. The molecule has 138 valence electrons. The third-order valence-electron chi connectivity index (χ3n) is 5.28. The van der Waals surface area contributed by atoms with Gasteiger partial charge in [-0.05, 0) is 49.8 Å². The summed E-state index contributed by atoms with van der Waals surface area (Å²) in [7, 11) is 1.93. The van der Waals surface area contributed by atoms with Gasteiger partial charge in [-0.25, -0.2) is 4.79 Å². The molecular formula is C19H25N5O2. The third kappa shape index (κ3) is 3.81. The van der Waals surface area contributed by atoms with E-state index in [1.54, 1.807) is 12.4 Å². The lowest BCUT2D eigenvalue weighted by Crippen LogP contribution is -2.46. The molecule has 0 spiro atoms. The molecule has 0 unspecified atom stereocenters. The number of likely N-dealkylation sites (tertiary alicyclic amines) is 1. The van der Waals surface area contributed by atoms with Gasteiger partial charge in [0, 0.05) is 32.4 Å². The molecule has 2 aromatic rings. The SMILES string of the molecule is CN(C(=O)N1CCC(COc2ccc(-c3ccn[nH]3)nc2)CC1)C1CC1. The van der Waals surface area contributed by atoms with E-state index in [1.165, 1.54) is 0 Å². The Morgan fingerprint density at radius 1 is 1.27 bits per heavy atom. The van der Waals surface area contributed by atoms with E-state index in [9.17, 15) is 4.79 Å². The fraction of sp³-hybridized carbons (Fsp3) is 0.526. The molecule has 7 nitrogen and oxygen atoms in total. The highest BCUT2D eigenvalue weighted by molar-refractivity contribution is 5.75. The van der Waals surface area contributed by atoms with E-state index in [1.807, 2.05) is 35.0 Å². The summed E-state index contributed by atoms with van der Waals surface area (Å²) < 4.78 is 5.91. The average molecular weight is 355 g/mol. The molecule has 7 heteroatoms. The van der Waals surface area contributed by atoms with Crippen molar-refractivity contribution in [3.05, 3.63) is 30.6 Å². The van der Waals surface area contributed by atoms with Crippen LogP contribution in [-0.4, -0.2) is 63.8 Å². The molecule has 4 rings (SSSR count). The second kappa shape index (κ2) is 7.35. The smallest absolute Gasteiger partial charge is 0.319 e. The van der Waals surface area contributed by atoms with Crippen molar-refractivity contribution in [2.75, 3.05) is 26.7 Å². The highest BCUT2D eigenvalue weighted by atomic mass is 16.5. The van der Waals surface area contributed by atoms with Gasteiger partial charge >= 0.3 is 6.03 Å². The highest BCUT2D eigenvalue weighted by Gasteiger charge is 2.33. The van der Waals surface area contributed by atoms with Gasteiger partial charge in [-0.1, -0.05) is 0 Å². The van der Waals surface area contributed by atoms with Crippen LogP contribution in [-0.2, 0) is 0 Å². The van der Waals surface area contributed by atoms with E-state index in [4.69, 9.17) is 4.74 Å². The maximum Gasteiger partial charge on any atom is 0.319 e. The second-order valence-electron chi connectivity index (χ2n) is 7.22. The number of piperidine rings is 1. The summed E-state index contributed by atoms with van der Waals surface area (Å²) in [6, 6.07) is 6.41. The van der Waals surface area contributed by atoms with Crippen molar-refractivity contribution in [1.82, 2.24) is 25.0 Å². The zero-order chi connectivity index (χ0) is 17.9. The number of urea groups is 1. The van der Waals surface area contributed by atoms with Gasteiger partial charge in [-0.2, -0.15) is 5.10 Å². The number of rotatable bonds is 5. The van der Waals surface area contributed by atoms with Crippen molar-refractivity contribution in [2.24, 2.45) is 5.92 Å². The van der Waals surface area contributed by atoms with Gasteiger partial charge in [0.15, 0.2) is 0 Å². The maximum atomic E-state index is 12.4. The zero-order valence-corrected chi connectivity index (χ0v) is 15.1. The van der Waals surface area contributed by atoms with E-state index in [0.29, 0.717) is 18.6 Å². The molecule has 3 heterocycles. The lowest BCUT2D eigenvalue weighted by molar-refractivity contribution is 0.123. The molecule has 1 aliphatic heterocycles. The monoisotopic (exact) mass is 355 g/mol. The lowest BCUT2D eigenvalue weighted by Gasteiger charge is -2.34. The van der Waals surface area contributed by atoms with Crippen LogP contribution in [0, 0.1) is 5.92 Å². The molecule has 0 aromatic carbocycles. The minimum atomic E-state index is 0.186. The van der Waals surface area contributed by atoms with E-state index in [-0.39, 0.29) is 6.03 Å². The van der Waals surface area contributed by atoms with E-state index >= 15 is 0 Å². The van der Waals surface area contributed by atoms with Gasteiger partial charge < -0.3 is 14.5 Å². The van der Waals surface area contributed by atoms with Crippen LogP contribution in [0.4, 0.5) is 4.79 Å². The molecule has 26 heavy (non-hydrogen) atoms. The van der Waals surface area contributed by atoms with Crippen LogP contribution < -0.4 is 4.74 Å². The molecule has 0 bridgehead atoms. The first-order chi connectivity index (χ1) is 12.7. The van der Waals surface area contributed by atoms with Crippen molar-refractivity contribution >= 4 is 6.03 Å². The van der Waals surface area contributed by atoms with E-state index in [2.05, 4.69) is 15.2 Å². The summed E-state index contributed by atoms with van der Waals surface area (Å²) in [5.41, 5.74) is 1.74. The van der Waals surface area contributed by atoms with Crippen LogP contribution in [0.5, 0.6) is 5.75 Å². The summed E-state index contributed by atoms with van der Waals surface area (Å²) in [5.74, 6) is 1.26. The van der Waals surface area contributed by atoms with Crippen molar-refractivity contribution in [3.8, 4) is 17.1 Å². The predicted octanol–water partition coefficient (Wildman–Crippen LogP) is 2.78. The van der Waals surface area contributed by atoms with Crippen molar-refractivity contribution in [1.29, 1.82) is 0 Å². The highest BCUT2D eigenvalue weighted by Crippen LogP contribution is 2.27. The standard InChI is InChI=1S/C19H25N5O2/c1-23(15-2-3-15)19(25)24-10-7-14(8-11-24)13-26-16-4-5-17(20-12-16)18-6-9-21-22-18/h4-6,9,12,14-15H,2-3,7-8,10-11,13H2,1H3,(H,21,22). The Morgan fingerprint density at radius 2 is 2.08 bits per heavy atom. The quantitative estimate of drug-likeness (QED) is 0.895. The molecule has 1 saturated carbocycles. The lowest BCUT2D eigenvalue weighted by atomic mass is 9.98. The number of carbonyl (C=O) groups is 1. The van der Waals surface area contributed by atoms with E-state index in [0.717, 1.165) is 55.9 Å². The molecule has 1 N–H and O–H groups in total. The molecule has 1 saturated heterocycles. The number of hydrogen-bond donors (Lipinski definition) is 1. The summed E-state index contributed by atoms with van der Waals surface area (Å²) in [6.07, 6.45) is 7.74. The first kappa shape index (κ1) is 16.9. The number of nitrogens with zero attached hydrogens (tertiary/aromatic N) is 4. The number of aromatic amines is 1. The van der Waals surface area contributed by atoms with Crippen LogP contribution in [0.25, 0.3) is 11.4 Å². The minimum Gasteiger partial charge on any atom is -0.492 e. The number of hydrogen-bond acceptors (Lipinski definition) is 4. The van der Waals surface area contributed by atoms with Crippen LogP contribution in [0.1, 0.15) is 25.7 Å². The summed E-state index contributed by atoms with van der Waals surface area (Å²) in [4.78, 5) is 20.7. The number of aromatic nitrogens is 3.